The minimum atomic E-state index is -0.157. The Morgan fingerprint density at radius 1 is 1.29 bits per heavy atom. The second-order valence-electron chi connectivity index (χ2n) is 3.49. The topological polar surface area (TPSA) is 50.9 Å². The Labute approximate surface area is 109 Å². The number of aromatic nitrogens is 3. The summed E-state index contributed by atoms with van der Waals surface area (Å²) >= 11 is 11.8. The summed E-state index contributed by atoms with van der Waals surface area (Å²) < 4.78 is 1.71. The SMILES string of the molecule is CCn1nnc(CO)c1-c1ccc(Cl)c(Cl)c1. The Morgan fingerprint density at radius 3 is 2.65 bits per heavy atom. The third kappa shape index (κ3) is 2.29. The summed E-state index contributed by atoms with van der Waals surface area (Å²) in [6.07, 6.45) is 0. The first kappa shape index (κ1) is 12.4. The van der Waals surface area contributed by atoms with Crippen LogP contribution >= 0.6 is 23.2 Å². The van der Waals surface area contributed by atoms with Crippen molar-refractivity contribution in [3.05, 3.63) is 33.9 Å². The first-order chi connectivity index (χ1) is 8.17. The van der Waals surface area contributed by atoms with E-state index in [1.807, 2.05) is 13.0 Å². The summed E-state index contributed by atoms with van der Waals surface area (Å²) in [6, 6.07) is 5.29. The van der Waals surface area contributed by atoms with Crippen LogP contribution in [-0.4, -0.2) is 20.1 Å². The van der Waals surface area contributed by atoms with E-state index in [-0.39, 0.29) is 6.61 Å². The minimum Gasteiger partial charge on any atom is -0.390 e. The molecule has 1 N–H and O–H groups in total. The second kappa shape index (κ2) is 5.04. The predicted molar refractivity (Wildman–Crippen MR) is 67.1 cm³/mol. The van der Waals surface area contributed by atoms with E-state index >= 15 is 0 Å². The molecule has 0 aliphatic rings. The highest BCUT2D eigenvalue weighted by molar-refractivity contribution is 6.42. The summed E-state index contributed by atoms with van der Waals surface area (Å²) in [5, 5.41) is 18.1. The van der Waals surface area contributed by atoms with E-state index in [1.54, 1.807) is 16.8 Å². The lowest BCUT2D eigenvalue weighted by atomic mass is 10.1. The van der Waals surface area contributed by atoms with Crippen molar-refractivity contribution in [3.63, 3.8) is 0 Å². The number of aliphatic hydroxyl groups is 1. The van der Waals surface area contributed by atoms with Gasteiger partial charge in [-0.05, 0) is 19.1 Å². The number of rotatable bonds is 3. The fourth-order valence-corrected chi connectivity index (χ4v) is 1.93. The Kier molecular flexibility index (Phi) is 3.66. The van der Waals surface area contributed by atoms with Crippen LogP contribution in [0.25, 0.3) is 11.3 Å². The Morgan fingerprint density at radius 2 is 2.06 bits per heavy atom. The Balaban J connectivity index is 2.58. The number of aryl methyl sites for hydroxylation is 1. The van der Waals surface area contributed by atoms with E-state index in [2.05, 4.69) is 10.3 Å². The van der Waals surface area contributed by atoms with Gasteiger partial charge in [0.15, 0.2) is 0 Å². The van der Waals surface area contributed by atoms with Crippen molar-refractivity contribution < 1.29 is 5.11 Å². The van der Waals surface area contributed by atoms with Gasteiger partial charge in [-0.2, -0.15) is 0 Å². The molecule has 90 valence electrons. The van der Waals surface area contributed by atoms with Crippen LogP contribution < -0.4 is 0 Å². The molecule has 0 amide bonds. The Bertz CT molecular complexity index is 518. The van der Waals surface area contributed by atoms with E-state index in [0.717, 1.165) is 11.3 Å². The van der Waals surface area contributed by atoms with Gasteiger partial charge < -0.3 is 5.11 Å². The van der Waals surface area contributed by atoms with E-state index < -0.39 is 0 Å². The molecule has 2 aromatic rings. The summed E-state index contributed by atoms with van der Waals surface area (Å²) in [5.74, 6) is 0. The van der Waals surface area contributed by atoms with Crippen LogP contribution in [-0.2, 0) is 13.2 Å². The first-order valence-electron chi connectivity index (χ1n) is 5.16. The van der Waals surface area contributed by atoms with Gasteiger partial charge in [0.1, 0.15) is 5.69 Å². The predicted octanol–water partition coefficient (Wildman–Crippen LogP) is 2.76. The van der Waals surface area contributed by atoms with Gasteiger partial charge in [-0.3, -0.25) is 0 Å². The molecule has 17 heavy (non-hydrogen) atoms. The average Bonchev–Trinajstić information content (AvgIpc) is 2.75. The largest absolute Gasteiger partial charge is 0.390 e. The molecule has 0 fully saturated rings. The number of halogens is 2. The van der Waals surface area contributed by atoms with Crippen LogP contribution in [0.4, 0.5) is 0 Å². The maximum Gasteiger partial charge on any atom is 0.116 e. The quantitative estimate of drug-likeness (QED) is 0.934. The van der Waals surface area contributed by atoms with Crippen LogP contribution in [0.2, 0.25) is 10.0 Å². The third-order valence-corrected chi connectivity index (χ3v) is 3.19. The molecule has 0 unspecified atom stereocenters. The van der Waals surface area contributed by atoms with Crippen LogP contribution in [0.15, 0.2) is 18.2 Å². The molecule has 0 saturated carbocycles. The molecule has 2 rings (SSSR count). The molecule has 0 bridgehead atoms. The van der Waals surface area contributed by atoms with Gasteiger partial charge in [0, 0.05) is 12.1 Å². The number of nitrogens with zero attached hydrogens (tertiary/aromatic N) is 3. The molecule has 0 radical (unpaired) electrons. The second-order valence-corrected chi connectivity index (χ2v) is 4.30. The van der Waals surface area contributed by atoms with Gasteiger partial charge in [0.2, 0.25) is 0 Å². The van der Waals surface area contributed by atoms with Crippen LogP contribution in [0.1, 0.15) is 12.6 Å². The van der Waals surface area contributed by atoms with Gasteiger partial charge in [-0.25, -0.2) is 4.68 Å². The highest BCUT2D eigenvalue weighted by Gasteiger charge is 2.14. The van der Waals surface area contributed by atoms with Crippen molar-refractivity contribution >= 4 is 23.2 Å². The van der Waals surface area contributed by atoms with E-state index in [9.17, 15) is 5.11 Å². The number of hydrogen-bond donors (Lipinski definition) is 1. The molecule has 0 saturated heterocycles. The molecule has 0 aliphatic heterocycles. The maximum atomic E-state index is 9.24. The van der Waals surface area contributed by atoms with Crippen molar-refractivity contribution in [2.24, 2.45) is 0 Å². The minimum absolute atomic E-state index is 0.157. The number of hydrogen-bond acceptors (Lipinski definition) is 3. The van der Waals surface area contributed by atoms with Gasteiger partial charge in [0.05, 0.1) is 22.3 Å². The van der Waals surface area contributed by atoms with Crippen molar-refractivity contribution in [1.82, 2.24) is 15.0 Å². The molecule has 1 aromatic carbocycles. The smallest absolute Gasteiger partial charge is 0.116 e. The molecular formula is C11H11Cl2N3O. The fourth-order valence-electron chi connectivity index (χ4n) is 1.64. The van der Waals surface area contributed by atoms with E-state index in [4.69, 9.17) is 23.2 Å². The third-order valence-electron chi connectivity index (χ3n) is 2.45. The first-order valence-corrected chi connectivity index (χ1v) is 5.91. The highest BCUT2D eigenvalue weighted by Crippen LogP contribution is 2.29. The average molecular weight is 272 g/mol. The summed E-state index contributed by atoms with van der Waals surface area (Å²) in [6.45, 7) is 2.47. The molecule has 0 atom stereocenters. The van der Waals surface area contributed by atoms with E-state index in [1.165, 1.54) is 0 Å². The number of benzene rings is 1. The summed E-state index contributed by atoms with van der Waals surface area (Å²) in [7, 11) is 0. The zero-order valence-corrected chi connectivity index (χ0v) is 10.7. The molecule has 1 heterocycles. The molecule has 1 aromatic heterocycles. The van der Waals surface area contributed by atoms with Crippen molar-refractivity contribution in [1.29, 1.82) is 0 Å². The monoisotopic (exact) mass is 271 g/mol. The van der Waals surface area contributed by atoms with Crippen LogP contribution in [0, 0.1) is 0 Å². The molecule has 0 aliphatic carbocycles. The van der Waals surface area contributed by atoms with Crippen molar-refractivity contribution in [2.45, 2.75) is 20.1 Å². The van der Waals surface area contributed by atoms with Gasteiger partial charge in [-0.1, -0.05) is 34.5 Å². The zero-order chi connectivity index (χ0) is 12.4. The van der Waals surface area contributed by atoms with Crippen LogP contribution in [0.3, 0.4) is 0 Å². The van der Waals surface area contributed by atoms with Gasteiger partial charge >= 0.3 is 0 Å². The Hall–Kier alpha value is -1.10. The standard InChI is InChI=1S/C11H11Cl2N3O/c1-2-16-11(10(6-17)14-15-16)7-3-4-8(12)9(13)5-7/h3-5,17H,2,6H2,1H3. The van der Waals surface area contributed by atoms with E-state index in [0.29, 0.717) is 22.3 Å². The van der Waals surface area contributed by atoms with Gasteiger partial charge in [-0.15, -0.1) is 5.10 Å². The fraction of sp³-hybridized carbons (Fsp3) is 0.273. The zero-order valence-electron chi connectivity index (χ0n) is 9.19. The normalized spacial score (nSPS) is 10.8. The molecule has 6 heteroatoms. The number of aliphatic hydroxyl groups excluding tert-OH is 1. The molecule has 4 nitrogen and oxygen atoms in total. The summed E-state index contributed by atoms with van der Waals surface area (Å²) in [5.41, 5.74) is 2.15. The molecular weight excluding hydrogens is 261 g/mol. The van der Waals surface area contributed by atoms with Gasteiger partial charge in [0.25, 0.3) is 0 Å². The summed E-state index contributed by atoms with van der Waals surface area (Å²) in [4.78, 5) is 0. The maximum absolute atomic E-state index is 9.24. The highest BCUT2D eigenvalue weighted by atomic mass is 35.5. The van der Waals surface area contributed by atoms with Crippen LogP contribution in [0.5, 0.6) is 0 Å². The van der Waals surface area contributed by atoms with Crippen molar-refractivity contribution in [3.8, 4) is 11.3 Å². The molecule has 0 spiro atoms. The van der Waals surface area contributed by atoms with Crippen molar-refractivity contribution in [2.75, 3.05) is 0 Å². The lowest BCUT2D eigenvalue weighted by molar-refractivity contribution is 0.277. The lowest BCUT2D eigenvalue weighted by Gasteiger charge is -2.06. The lowest BCUT2D eigenvalue weighted by Crippen LogP contribution is -2.00.